The van der Waals surface area contributed by atoms with Gasteiger partial charge in [-0.15, -0.1) is 5.10 Å². The van der Waals surface area contributed by atoms with Gasteiger partial charge in [-0.05, 0) is 59.2 Å². The van der Waals surface area contributed by atoms with Crippen LogP contribution < -0.4 is 26.3 Å². The number of hydrogen-bond acceptors (Lipinski definition) is 20. The molecule has 2 aliphatic rings. The number of benzene rings is 4. The van der Waals surface area contributed by atoms with Crippen molar-refractivity contribution in [3.63, 3.8) is 0 Å². The Kier molecular flexibility index (Phi) is 16.5. The number of ether oxygens (including phenoxy) is 6. The van der Waals surface area contributed by atoms with Crippen molar-refractivity contribution in [1.82, 2.24) is 24.5 Å². The lowest BCUT2D eigenvalue weighted by molar-refractivity contribution is -0.0979. The summed E-state index contributed by atoms with van der Waals surface area (Å²) in [6.45, 7) is -0.773. The number of phenolic OH excluding ortho intramolecular Hbond substituents is 1. The first-order valence-electron chi connectivity index (χ1n) is 22.9. The Hall–Kier alpha value is -6.55. The Morgan fingerprint density at radius 3 is 2.22 bits per heavy atom. The first kappa shape index (κ1) is 52.3. The number of fused-ring (bicyclic) bond motifs is 1. The second-order valence-electron chi connectivity index (χ2n) is 16.7. The van der Waals surface area contributed by atoms with E-state index in [-0.39, 0.29) is 49.0 Å². The SMILES string of the molecule is COc1ccc(C(OC[C@H]2O[C@@H](n3ccc(=O)[nH]c3=O)[C@H](OC)[C@@H]2OP(=O)(OCCC#N)OC2CSSCC2OCc2cn(-c3cc4ccc(O)cc4oc3=O)nn2)(c2ccccc2)c2ccc(OC)cc2)cc1. The average molecular weight is 1070 g/mol. The number of phosphoric acid groups is 1. The van der Waals surface area contributed by atoms with Crippen LogP contribution in [-0.2, 0) is 49.3 Å². The molecule has 7 aromatic rings. The number of aromatic hydroxyl groups is 1. The zero-order valence-electron chi connectivity index (χ0n) is 39.9. The van der Waals surface area contributed by atoms with Crippen LogP contribution in [0.2, 0.25) is 0 Å². The molecule has 0 radical (unpaired) electrons. The highest BCUT2D eigenvalue weighted by molar-refractivity contribution is 8.76. The fraction of sp³-hybridized carbons (Fsp3) is 0.320. The van der Waals surface area contributed by atoms with Gasteiger partial charge in [0.25, 0.3) is 5.56 Å². The monoisotopic (exact) mass is 1070 g/mol. The molecule has 0 spiro atoms. The van der Waals surface area contributed by atoms with E-state index in [1.807, 2.05) is 84.9 Å². The third-order valence-corrected chi connectivity index (χ3v) is 16.1. The number of nitriles is 1. The van der Waals surface area contributed by atoms with Crippen LogP contribution in [0.3, 0.4) is 0 Å². The van der Waals surface area contributed by atoms with Crippen molar-refractivity contribution < 1.29 is 56.1 Å². The van der Waals surface area contributed by atoms with E-state index in [1.54, 1.807) is 26.4 Å². The second kappa shape index (κ2) is 23.3. The van der Waals surface area contributed by atoms with Gasteiger partial charge in [0.05, 0.1) is 58.8 Å². The normalized spacial score (nSPS) is 20.7. The maximum Gasteiger partial charge on any atom is 0.475 e. The minimum absolute atomic E-state index is 0.0559. The molecule has 0 bridgehead atoms. The molecule has 3 aromatic heterocycles. The molecule has 0 aliphatic carbocycles. The van der Waals surface area contributed by atoms with Crippen LogP contribution in [0.4, 0.5) is 0 Å². The van der Waals surface area contributed by atoms with Crippen molar-refractivity contribution in [3.8, 4) is 29.0 Å². The molecule has 0 amide bonds. The van der Waals surface area contributed by atoms with Crippen molar-refractivity contribution in [2.24, 2.45) is 0 Å². The summed E-state index contributed by atoms with van der Waals surface area (Å²) < 4.78 is 79.3. The van der Waals surface area contributed by atoms with Crippen molar-refractivity contribution >= 4 is 40.4 Å². The molecule has 9 rings (SSSR count). The van der Waals surface area contributed by atoms with Crippen LogP contribution >= 0.6 is 29.4 Å². The van der Waals surface area contributed by atoms with Gasteiger partial charge < -0.3 is 37.9 Å². The van der Waals surface area contributed by atoms with Gasteiger partial charge in [0, 0.05) is 42.3 Å². The maximum absolute atomic E-state index is 15.4. The van der Waals surface area contributed by atoms with E-state index in [1.165, 1.54) is 57.9 Å². The Morgan fingerprint density at radius 1 is 0.865 bits per heavy atom. The maximum atomic E-state index is 15.4. The smallest absolute Gasteiger partial charge is 0.475 e. The lowest BCUT2D eigenvalue weighted by Crippen LogP contribution is -2.42. The number of rotatable bonds is 21. The highest BCUT2D eigenvalue weighted by Crippen LogP contribution is 2.56. The van der Waals surface area contributed by atoms with E-state index < -0.39 is 67.0 Å². The standard InChI is InChI=1S/C50H49N6O15PS2/c1-62-37-16-11-33(12-17-37)50(32-8-5-4-6-9-32,34-13-18-38(63-2)19-14-34)66-28-41-45(46(64-3)47(68-41)55-22-20-44(58)52-49(55)60)71-72(61,67-23-7-21-51)70-43-30-74-73-29-42(43)65-27-35-26-56(54-53-35)39-24-31-10-15-36(57)25-40(31)69-48(39)59/h4-6,8-20,22,24-26,41-43,45-47,57H,7,23,27-30H2,1-3H3,(H,52,58,60)/t41-,42?,43?,45-,46-,47-,72?/m1/s1. The highest BCUT2D eigenvalue weighted by atomic mass is 33.1. The van der Waals surface area contributed by atoms with Crippen LogP contribution in [0, 0.1) is 11.3 Å². The predicted octanol–water partition coefficient (Wildman–Crippen LogP) is 6.66. The van der Waals surface area contributed by atoms with Crippen molar-refractivity contribution in [2.75, 3.05) is 46.0 Å². The summed E-state index contributed by atoms with van der Waals surface area (Å²) in [6.07, 6.45) is -4.18. The van der Waals surface area contributed by atoms with Gasteiger partial charge in [0.15, 0.2) is 11.9 Å². The fourth-order valence-electron chi connectivity index (χ4n) is 8.58. The predicted molar refractivity (Wildman–Crippen MR) is 270 cm³/mol. The molecule has 5 heterocycles. The topological polar surface area (TPSA) is 260 Å². The molecule has 2 fully saturated rings. The molecule has 74 heavy (non-hydrogen) atoms. The summed E-state index contributed by atoms with van der Waals surface area (Å²) in [5.41, 5.74) is -0.813. The third kappa shape index (κ3) is 11.4. The number of methoxy groups -OCH3 is 3. The molecule has 3 unspecified atom stereocenters. The number of nitrogens with zero attached hydrogens (tertiary/aromatic N) is 5. The van der Waals surface area contributed by atoms with Gasteiger partial charge >= 0.3 is 19.1 Å². The highest BCUT2D eigenvalue weighted by Gasteiger charge is 2.53. The Labute approximate surface area is 430 Å². The number of H-pyrrole nitrogens is 1. The molecule has 386 valence electrons. The number of aromatic nitrogens is 5. The lowest BCUT2D eigenvalue weighted by Gasteiger charge is -2.37. The van der Waals surface area contributed by atoms with E-state index >= 15 is 4.57 Å². The van der Waals surface area contributed by atoms with Gasteiger partial charge in [-0.2, -0.15) is 5.26 Å². The molecule has 0 saturated carbocycles. The van der Waals surface area contributed by atoms with Gasteiger partial charge in [-0.3, -0.25) is 27.9 Å². The van der Waals surface area contributed by atoms with Gasteiger partial charge in [0.1, 0.15) is 58.5 Å². The van der Waals surface area contributed by atoms with Gasteiger partial charge in [-0.1, -0.05) is 81.4 Å². The first-order valence-corrected chi connectivity index (χ1v) is 26.9. The molecule has 2 saturated heterocycles. The Bertz CT molecular complexity index is 3270. The van der Waals surface area contributed by atoms with E-state index in [4.69, 9.17) is 46.4 Å². The van der Waals surface area contributed by atoms with E-state index in [0.717, 1.165) is 16.2 Å². The van der Waals surface area contributed by atoms with Crippen LogP contribution in [0.15, 0.2) is 140 Å². The van der Waals surface area contributed by atoms with E-state index in [9.17, 15) is 24.8 Å². The number of nitrogens with one attached hydrogen (secondary N) is 1. The van der Waals surface area contributed by atoms with Crippen molar-refractivity contribution in [1.29, 1.82) is 5.26 Å². The molecule has 7 atom stereocenters. The lowest BCUT2D eigenvalue weighted by atomic mass is 9.80. The van der Waals surface area contributed by atoms with Crippen LogP contribution in [0.1, 0.15) is 35.0 Å². The molecule has 4 aromatic carbocycles. The van der Waals surface area contributed by atoms with Gasteiger partial charge in [0.2, 0.25) is 0 Å². The molecule has 24 heteroatoms. The zero-order valence-corrected chi connectivity index (χ0v) is 42.4. The first-order chi connectivity index (χ1) is 35.9. The fourth-order valence-corrected chi connectivity index (χ4v) is 12.7. The summed E-state index contributed by atoms with van der Waals surface area (Å²) >= 11 is 0. The van der Waals surface area contributed by atoms with E-state index in [2.05, 4.69) is 15.3 Å². The molecular weight excluding hydrogens is 1020 g/mol. The molecule has 2 aliphatic heterocycles. The average Bonchev–Trinajstić information content (AvgIpc) is 4.03. The minimum Gasteiger partial charge on any atom is -0.508 e. The Balaban J connectivity index is 1.03. The largest absolute Gasteiger partial charge is 0.508 e. The quantitative estimate of drug-likeness (QED) is 0.0251. The van der Waals surface area contributed by atoms with Gasteiger partial charge in [-0.25, -0.2) is 18.8 Å². The van der Waals surface area contributed by atoms with Crippen LogP contribution in [0.5, 0.6) is 17.2 Å². The minimum atomic E-state index is -4.78. The Morgan fingerprint density at radius 2 is 1.55 bits per heavy atom. The number of phosphoric ester groups is 1. The summed E-state index contributed by atoms with van der Waals surface area (Å²) in [5.74, 6) is 1.77. The van der Waals surface area contributed by atoms with E-state index in [0.29, 0.717) is 39.5 Å². The van der Waals surface area contributed by atoms with Crippen LogP contribution in [0.25, 0.3) is 16.7 Å². The third-order valence-electron chi connectivity index (χ3n) is 12.2. The number of phenols is 1. The molecule has 2 N–H and O–H groups in total. The summed E-state index contributed by atoms with van der Waals surface area (Å²) in [6, 6.07) is 33.3. The number of hydrogen-bond donors (Lipinski definition) is 2. The zero-order chi connectivity index (χ0) is 51.8. The molecule has 21 nitrogen and oxygen atoms in total. The summed E-state index contributed by atoms with van der Waals surface area (Å²) in [7, 11) is 2.65. The summed E-state index contributed by atoms with van der Waals surface area (Å²) in [5, 5.41) is 28.2. The number of aromatic amines is 1. The van der Waals surface area contributed by atoms with Crippen molar-refractivity contribution in [3.05, 3.63) is 175 Å². The van der Waals surface area contributed by atoms with Crippen LogP contribution in [-0.4, -0.2) is 106 Å². The summed E-state index contributed by atoms with van der Waals surface area (Å²) in [4.78, 5) is 40.9. The van der Waals surface area contributed by atoms with Crippen molar-refractivity contribution in [2.45, 2.75) is 55.4 Å². The molecular formula is C50H49N6O15PS2. The second-order valence-corrected chi connectivity index (χ2v) is 20.8.